The molecule has 6 atom stereocenters. The summed E-state index contributed by atoms with van der Waals surface area (Å²) in [5.74, 6) is -0.102. The minimum Gasteiger partial charge on any atom is -0.483 e. The zero-order valence-electron chi connectivity index (χ0n) is 39.3. The van der Waals surface area contributed by atoms with Gasteiger partial charge in [-0.2, -0.15) is 0 Å². The van der Waals surface area contributed by atoms with Crippen molar-refractivity contribution in [1.29, 1.82) is 0 Å². The van der Waals surface area contributed by atoms with Crippen LogP contribution >= 0.6 is 0 Å². The van der Waals surface area contributed by atoms with Crippen molar-refractivity contribution < 1.29 is 33.0 Å². The minimum absolute atomic E-state index is 0.0357. The Balaban J connectivity index is 1.12. The fraction of sp³-hybridized carbons (Fsp3) is 0.373. The number of rotatable bonds is 10. The summed E-state index contributed by atoms with van der Waals surface area (Å²) in [7, 11) is 1.59. The number of ether oxygens (including phenoxy) is 4. The van der Waals surface area contributed by atoms with Gasteiger partial charge in [-0.3, -0.25) is 4.79 Å². The molecule has 6 aromatic rings. The van der Waals surface area contributed by atoms with Crippen LogP contribution in [0.2, 0.25) is 0 Å². The predicted octanol–water partition coefficient (Wildman–Crippen LogP) is 12.3. The van der Waals surface area contributed by atoms with Crippen molar-refractivity contribution in [3.05, 3.63) is 193 Å². The summed E-state index contributed by atoms with van der Waals surface area (Å²) in [6.07, 6.45) is 4.97. The van der Waals surface area contributed by atoms with Crippen LogP contribution in [0.15, 0.2) is 148 Å². The number of benzene rings is 5. The highest BCUT2D eigenvalue weighted by molar-refractivity contribution is 5.90. The number of carbonyl (C=O) groups excluding carboxylic acids is 2. The molecular weight excluding hydrogens is 837 g/mol. The number of esters is 2. The molecule has 1 aliphatic carbocycles. The molecule has 10 rings (SSSR count). The summed E-state index contributed by atoms with van der Waals surface area (Å²) < 4.78 is 32.1. The van der Waals surface area contributed by atoms with Gasteiger partial charge in [-0.1, -0.05) is 115 Å². The summed E-state index contributed by atoms with van der Waals surface area (Å²) in [6.45, 7) is 6.16. The van der Waals surface area contributed by atoms with Crippen LogP contribution < -0.4 is 10.4 Å². The number of hydrogen-bond donors (Lipinski definition) is 0. The molecule has 0 saturated heterocycles. The van der Waals surface area contributed by atoms with E-state index in [0.717, 1.165) is 43.2 Å². The quantitative estimate of drug-likeness (QED) is 0.0761. The Hall–Kier alpha value is -6.25. The molecule has 4 aliphatic rings. The topological polar surface area (TPSA) is 101 Å². The fourth-order valence-corrected chi connectivity index (χ4v) is 10.9. The Kier molecular flexibility index (Phi) is 13.9. The molecule has 1 saturated carbocycles. The van der Waals surface area contributed by atoms with E-state index in [4.69, 9.17) is 23.4 Å². The van der Waals surface area contributed by atoms with Gasteiger partial charge in [-0.15, -0.1) is 0 Å². The van der Waals surface area contributed by atoms with Gasteiger partial charge in [0.1, 0.15) is 16.9 Å². The third-order valence-electron chi connectivity index (χ3n) is 14.5. The second-order valence-corrected chi connectivity index (χ2v) is 19.4. The van der Waals surface area contributed by atoms with Gasteiger partial charge >= 0.3 is 17.6 Å². The van der Waals surface area contributed by atoms with Crippen LogP contribution in [-0.2, 0) is 49.5 Å². The highest BCUT2D eigenvalue weighted by atomic mass is 16.6. The van der Waals surface area contributed by atoms with Gasteiger partial charge in [0.05, 0.1) is 12.2 Å². The van der Waals surface area contributed by atoms with Gasteiger partial charge in [-0.05, 0) is 148 Å². The normalized spacial score (nSPS) is 23.0. The molecule has 4 heterocycles. The Morgan fingerprint density at radius 2 is 1.49 bits per heavy atom. The lowest BCUT2D eigenvalue weighted by molar-refractivity contribution is -0.192. The monoisotopic (exact) mass is 898 g/mol. The van der Waals surface area contributed by atoms with Crippen LogP contribution in [0.5, 0.6) is 5.75 Å². The third-order valence-corrected chi connectivity index (χ3v) is 14.5. The molecule has 2 bridgehead atoms. The lowest BCUT2D eigenvalue weighted by Crippen LogP contribution is -2.54. The Bertz CT molecular complexity index is 2790. The number of allylic oxidation sites excluding steroid dienone is 1. The van der Waals surface area contributed by atoms with Gasteiger partial charge in [0.2, 0.25) is 0 Å². The van der Waals surface area contributed by atoms with Crippen molar-refractivity contribution in [2.75, 3.05) is 13.7 Å². The minimum atomic E-state index is -1.14. The summed E-state index contributed by atoms with van der Waals surface area (Å²) >= 11 is 0. The molecule has 346 valence electrons. The first-order valence-corrected chi connectivity index (χ1v) is 24.1. The third kappa shape index (κ3) is 10.4. The molecule has 0 spiro atoms. The van der Waals surface area contributed by atoms with E-state index >= 15 is 4.79 Å². The molecule has 1 aromatic heterocycles. The first-order valence-electron chi connectivity index (χ1n) is 24.1. The fourth-order valence-electron chi connectivity index (χ4n) is 10.9. The van der Waals surface area contributed by atoms with Crippen LogP contribution in [-0.4, -0.2) is 37.4 Å². The molecule has 3 aliphatic heterocycles. The highest BCUT2D eigenvalue weighted by Gasteiger charge is 2.53. The second kappa shape index (κ2) is 20.3. The van der Waals surface area contributed by atoms with E-state index < -0.39 is 35.4 Å². The average molecular weight is 899 g/mol. The van der Waals surface area contributed by atoms with Crippen LogP contribution in [0.3, 0.4) is 0 Å². The Labute approximate surface area is 394 Å². The number of aryl methyl sites for hydroxylation is 2. The van der Waals surface area contributed by atoms with Crippen molar-refractivity contribution in [2.45, 2.75) is 121 Å². The summed E-state index contributed by atoms with van der Waals surface area (Å²) in [5.41, 5.74) is 8.24. The Morgan fingerprint density at radius 1 is 0.746 bits per heavy atom. The summed E-state index contributed by atoms with van der Waals surface area (Å²) in [5, 5.41) is 0.645. The SMILES string of the molecule is COCCc1cc2ccc3c(c2oc1=O)[C@H]1OC(=O)C[C@@H]2C[C@H](c4cccc(Cc5ccccc5)c4)CC[C@H]2c2ccc(cc2)CCC(=C(C)C)C(=O)O[C@@H]1[C@](C)(CCCc1ccccc1)O3. The van der Waals surface area contributed by atoms with Crippen LogP contribution in [0, 0.1) is 5.92 Å². The Morgan fingerprint density at radius 3 is 2.24 bits per heavy atom. The molecule has 67 heavy (non-hydrogen) atoms. The molecule has 0 unspecified atom stereocenters. The van der Waals surface area contributed by atoms with Gasteiger partial charge in [0.15, 0.2) is 12.2 Å². The summed E-state index contributed by atoms with van der Waals surface area (Å²) in [4.78, 5) is 43.5. The van der Waals surface area contributed by atoms with Crippen LogP contribution in [0.1, 0.15) is 128 Å². The zero-order chi connectivity index (χ0) is 46.5. The lowest BCUT2D eigenvalue weighted by atomic mass is 9.68. The average Bonchev–Trinajstić information content (AvgIpc) is 3.32. The molecule has 5 aromatic carbocycles. The van der Waals surface area contributed by atoms with Gasteiger partial charge in [0, 0.05) is 36.5 Å². The second-order valence-electron chi connectivity index (χ2n) is 19.4. The standard InChI is InChI=1S/C59H62O8/c1-38(2)49-27-22-40-20-23-43(24-21-40)50-28-25-45(44-19-11-17-42(34-44)33-41-15-9-6-10-16-41)35-48(50)37-52(60)64-55-53-51(29-26-46-36-47(30-32-63-4)57(61)65-54(46)53)67-59(3,56(55)66-58(49)62)31-12-18-39-13-7-5-8-14-39/h5-11,13-17,19-21,23-24,26,29,34,36,45,48,50,55-56H,12,18,22,25,27-28,30-33,35,37H2,1-4H3/t45-,48+,50+,55-,56+,59+/m1/s1. The molecule has 8 nitrogen and oxygen atoms in total. The van der Waals surface area contributed by atoms with Crippen molar-refractivity contribution in [3.63, 3.8) is 0 Å². The summed E-state index contributed by atoms with van der Waals surface area (Å²) in [6, 6.07) is 44.1. The number of hydrogen-bond acceptors (Lipinski definition) is 8. The van der Waals surface area contributed by atoms with E-state index in [-0.39, 0.29) is 29.8 Å². The van der Waals surface area contributed by atoms with E-state index in [1.165, 1.54) is 27.8 Å². The number of carbonyl (C=O) groups is 2. The largest absolute Gasteiger partial charge is 0.483 e. The maximum atomic E-state index is 15.1. The van der Waals surface area contributed by atoms with Crippen LogP contribution in [0.4, 0.5) is 0 Å². The number of methoxy groups -OCH3 is 1. The van der Waals surface area contributed by atoms with Gasteiger partial charge in [0.25, 0.3) is 0 Å². The maximum Gasteiger partial charge on any atom is 0.339 e. The lowest BCUT2D eigenvalue weighted by Gasteiger charge is -2.45. The number of fused-ring (bicyclic) bond motifs is 11. The molecule has 0 amide bonds. The molecular formula is C59H62O8. The molecule has 0 radical (unpaired) electrons. The van der Waals surface area contributed by atoms with Crippen LogP contribution in [0.25, 0.3) is 11.0 Å². The molecule has 1 fully saturated rings. The van der Waals surface area contributed by atoms with Crippen molar-refractivity contribution in [2.24, 2.45) is 5.92 Å². The van der Waals surface area contributed by atoms with E-state index in [0.29, 0.717) is 66.5 Å². The van der Waals surface area contributed by atoms with E-state index in [1.54, 1.807) is 13.2 Å². The van der Waals surface area contributed by atoms with E-state index in [1.807, 2.05) is 57.2 Å². The predicted molar refractivity (Wildman–Crippen MR) is 261 cm³/mol. The highest BCUT2D eigenvalue weighted by Crippen LogP contribution is 2.50. The first kappa shape index (κ1) is 45.9. The van der Waals surface area contributed by atoms with E-state index in [9.17, 15) is 9.59 Å². The zero-order valence-corrected chi connectivity index (χ0v) is 39.3. The van der Waals surface area contributed by atoms with Gasteiger partial charge < -0.3 is 23.4 Å². The molecule has 0 N–H and O–H groups in total. The smallest absolute Gasteiger partial charge is 0.339 e. The van der Waals surface area contributed by atoms with Gasteiger partial charge in [-0.25, -0.2) is 9.59 Å². The maximum absolute atomic E-state index is 15.1. The van der Waals surface area contributed by atoms with Crippen molar-refractivity contribution in [1.82, 2.24) is 0 Å². The van der Waals surface area contributed by atoms with Crippen molar-refractivity contribution >= 4 is 22.9 Å². The van der Waals surface area contributed by atoms with Crippen molar-refractivity contribution in [3.8, 4) is 5.75 Å². The van der Waals surface area contributed by atoms with E-state index in [2.05, 4.69) is 84.9 Å². The molecule has 8 heteroatoms. The first-order chi connectivity index (χ1) is 32.5.